The summed E-state index contributed by atoms with van der Waals surface area (Å²) >= 11 is 0. The Balaban J connectivity index is 1.69. The van der Waals surface area contributed by atoms with Crippen molar-refractivity contribution in [2.24, 2.45) is 5.92 Å². The summed E-state index contributed by atoms with van der Waals surface area (Å²) in [5, 5.41) is 8.17. The van der Waals surface area contributed by atoms with Crippen molar-refractivity contribution in [1.29, 1.82) is 0 Å². The Kier molecular flexibility index (Phi) is 3.81. The molecule has 1 aromatic heterocycles. The third-order valence-electron chi connectivity index (χ3n) is 4.84. The van der Waals surface area contributed by atoms with E-state index in [0.29, 0.717) is 11.6 Å². The molecule has 0 radical (unpaired) electrons. The van der Waals surface area contributed by atoms with E-state index < -0.39 is 0 Å². The molecule has 0 saturated heterocycles. The molecule has 1 aliphatic carbocycles. The number of aromatic amines is 1. The SMILES string of the molecule is CC(c1ccccc1)N(CC1CC1)C(=O)c1n[nH]c2ccccc12. The number of hydrogen-bond acceptors (Lipinski definition) is 2. The van der Waals surface area contributed by atoms with Gasteiger partial charge >= 0.3 is 0 Å². The van der Waals surface area contributed by atoms with Crippen LogP contribution in [0, 0.1) is 5.92 Å². The molecule has 1 saturated carbocycles. The number of para-hydroxylation sites is 1. The van der Waals surface area contributed by atoms with E-state index in [1.54, 1.807) is 0 Å². The van der Waals surface area contributed by atoms with Gasteiger partial charge in [-0.15, -0.1) is 0 Å². The van der Waals surface area contributed by atoms with Gasteiger partial charge in [0.05, 0.1) is 11.6 Å². The molecule has 2 aromatic carbocycles. The maximum absolute atomic E-state index is 13.2. The second kappa shape index (κ2) is 6.11. The Morgan fingerprint density at radius 2 is 1.88 bits per heavy atom. The molecular weight excluding hydrogens is 298 g/mol. The molecule has 1 N–H and O–H groups in total. The van der Waals surface area contributed by atoms with E-state index in [-0.39, 0.29) is 11.9 Å². The van der Waals surface area contributed by atoms with E-state index in [1.165, 1.54) is 12.8 Å². The van der Waals surface area contributed by atoms with E-state index in [2.05, 4.69) is 29.3 Å². The molecule has 1 fully saturated rings. The van der Waals surface area contributed by atoms with E-state index in [9.17, 15) is 4.79 Å². The number of aromatic nitrogens is 2. The Morgan fingerprint density at radius 3 is 2.62 bits per heavy atom. The number of rotatable bonds is 5. The summed E-state index contributed by atoms with van der Waals surface area (Å²) in [4.78, 5) is 15.2. The summed E-state index contributed by atoms with van der Waals surface area (Å²) < 4.78 is 0. The van der Waals surface area contributed by atoms with Crippen LogP contribution in [0.15, 0.2) is 54.6 Å². The fourth-order valence-corrected chi connectivity index (χ4v) is 3.17. The summed E-state index contributed by atoms with van der Waals surface area (Å²) in [6, 6.07) is 18.1. The van der Waals surface area contributed by atoms with Crippen molar-refractivity contribution in [3.63, 3.8) is 0 Å². The molecule has 0 bridgehead atoms. The predicted molar refractivity (Wildman–Crippen MR) is 94.7 cm³/mol. The van der Waals surface area contributed by atoms with Crippen molar-refractivity contribution in [3.05, 3.63) is 65.9 Å². The first-order valence-corrected chi connectivity index (χ1v) is 8.53. The van der Waals surface area contributed by atoms with Gasteiger partial charge in [0.25, 0.3) is 5.91 Å². The van der Waals surface area contributed by atoms with Gasteiger partial charge < -0.3 is 4.90 Å². The minimum atomic E-state index is 0.00991. The van der Waals surface area contributed by atoms with Gasteiger partial charge in [0.2, 0.25) is 0 Å². The van der Waals surface area contributed by atoms with Crippen molar-refractivity contribution >= 4 is 16.8 Å². The monoisotopic (exact) mass is 319 g/mol. The van der Waals surface area contributed by atoms with Crippen molar-refractivity contribution in [1.82, 2.24) is 15.1 Å². The van der Waals surface area contributed by atoms with E-state index in [1.807, 2.05) is 47.4 Å². The third kappa shape index (κ3) is 2.80. The first-order chi connectivity index (χ1) is 11.7. The topological polar surface area (TPSA) is 49.0 Å². The van der Waals surface area contributed by atoms with Crippen LogP contribution in [-0.2, 0) is 0 Å². The van der Waals surface area contributed by atoms with E-state index in [0.717, 1.165) is 23.0 Å². The standard InChI is InChI=1S/C20H21N3O/c1-14(16-7-3-2-4-8-16)23(13-15-11-12-15)20(24)19-17-9-5-6-10-18(17)21-22-19/h2-10,14-15H,11-13H2,1H3,(H,21,22). The molecule has 1 atom stereocenters. The zero-order chi connectivity index (χ0) is 16.5. The Labute approximate surface area is 141 Å². The molecule has 122 valence electrons. The molecule has 3 aromatic rings. The van der Waals surface area contributed by atoms with Crippen LogP contribution in [0.2, 0.25) is 0 Å². The molecule has 0 spiro atoms. The molecule has 4 heteroatoms. The van der Waals surface area contributed by atoms with Gasteiger partial charge in [-0.3, -0.25) is 9.89 Å². The fraction of sp³-hybridized carbons (Fsp3) is 0.300. The maximum Gasteiger partial charge on any atom is 0.275 e. The van der Waals surface area contributed by atoms with Crippen LogP contribution in [0.3, 0.4) is 0 Å². The quantitative estimate of drug-likeness (QED) is 0.767. The number of fused-ring (bicyclic) bond motifs is 1. The third-order valence-corrected chi connectivity index (χ3v) is 4.84. The highest BCUT2D eigenvalue weighted by Crippen LogP contribution is 2.34. The number of benzene rings is 2. The number of H-pyrrole nitrogens is 1. The van der Waals surface area contributed by atoms with Crippen LogP contribution in [-0.4, -0.2) is 27.5 Å². The van der Waals surface area contributed by atoms with Gasteiger partial charge in [-0.05, 0) is 37.3 Å². The van der Waals surface area contributed by atoms with Crippen molar-refractivity contribution < 1.29 is 4.79 Å². The second-order valence-electron chi connectivity index (χ2n) is 6.61. The lowest BCUT2D eigenvalue weighted by atomic mass is 10.1. The number of amides is 1. The minimum absolute atomic E-state index is 0.00991. The van der Waals surface area contributed by atoms with Gasteiger partial charge in [-0.2, -0.15) is 5.10 Å². The molecule has 1 amide bonds. The van der Waals surface area contributed by atoms with Gasteiger partial charge in [-0.1, -0.05) is 48.5 Å². The van der Waals surface area contributed by atoms with Crippen LogP contribution in [0.4, 0.5) is 0 Å². The summed E-state index contributed by atoms with van der Waals surface area (Å²) in [5.41, 5.74) is 2.58. The van der Waals surface area contributed by atoms with Gasteiger partial charge in [0.15, 0.2) is 5.69 Å². The first-order valence-electron chi connectivity index (χ1n) is 8.53. The average molecular weight is 319 g/mol. The maximum atomic E-state index is 13.2. The summed E-state index contributed by atoms with van der Waals surface area (Å²) in [5.74, 6) is 0.640. The molecule has 24 heavy (non-hydrogen) atoms. The van der Waals surface area contributed by atoms with Crippen molar-refractivity contribution in [2.75, 3.05) is 6.54 Å². The zero-order valence-electron chi connectivity index (χ0n) is 13.8. The number of nitrogens with one attached hydrogen (secondary N) is 1. The zero-order valence-corrected chi connectivity index (χ0v) is 13.8. The van der Waals surface area contributed by atoms with E-state index >= 15 is 0 Å². The number of nitrogens with zero attached hydrogens (tertiary/aromatic N) is 2. The smallest absolute Gasteiger partial charge is 0.275 e. The highest BCUT2D eigenvalue weighted by Gasteiger charge is 2.32. The van der Waals surface area contributed by atoms with Gasteiger partial charge in [0.1, 0.15) is 0 Å². The highest BCUT2D eigenvalue weighted by atomic mass is 16.2. The molecule has 0 aliphatic heterocycles. The normalized spacial score (nSPS) is 15.4. The van der Waals surface area contributed by atoms with Crippen molar-refractivity contribution in [3.8, 4) is 0 Å². The Bertz CT molecular complexity index is 851. The van der Waals surface area contributed by atoms with Gasteiger partial charge in [-0.25, -0.2) is 0 Å². The summed E-state index contributed by atoms with van der Waals surface area (Å²) in [6.07, 6.45) is 2.43. The van der Waals surface area contributed by atoms with Gasteiger partial charge in [0, 0.05) is 11.9 Å². The molecule has 1 unspecified atom stereocenters. The number of carbonyl (C=O) groups is 1. The largest absolute Gasteiger partial charge is 0.330 e. The lowest BCUT2D eigenvalue weighted by molar-refractivity contribution is 0.0676. The lowest BCUT2D eigenvalue weighted by Gasteiger charge is -2.29. The van der Waals surface area contributed by atoms with Crippen LogP contribution in [0.1, 0.15) is 41.9 Å². The Morgan fingerprint density at radius 1 is 1.17 bits per heavy atom. The summed E-state index contributed by atoms with van der Waals surface area (Å²) in [7, 11) is 0. The van der Waals surface area contributed by atoms with Crippen LogP contribution in [0.25, 0.3) is 10.9 Å². The molecule has 1 heterocycles. The number of hydrogen-bond donors (Lipinski definition) is 1. The molecular formula is C20H21N3O. The fourth-order valence-electron chi connectivity index (χ4n) is 3.17. The lowest BCUT2D eigenvalue weighted by Crippen LogP contribution is -2.35. The van der Waals surface area contributed by atoms with Crippen molar-refractivity contribution in [2.45, 2.75) is 25.8 Å². The summed E-state index contributed by atoms with van der Waals surface area (Å²) in [6.45, 7) is 2.90. The molecule has 4 nitrogen and oxygen atoms in total. The van der Waals surface area contributed by atoms with E-state index in [4.69, 9.17) is 0 Å². The Hall–Kier alpha value is -2.62. The molecule has 1 aliphatic rings. The van der Waals surface area contributed by atoms with Crippen LogP contribution in [0.5, 0.6) is 0 Å². The minimum Gasteiger partial charge on any atom is -0.330 e. The second-order valence-corrected chi connectivity index (χ2v) is 6.61. The average Bonchev–Trinajstić information content (AvgIpc) is 3.35. The first kappa shape index (κ1) is 14.9. The predicted octanol–water partition coefficient (Wildman–Crippen LogP) is 4.18. The van der Waals surface area contributed by atoms with Crippen LogP contribution < -0.4 is 0 Å². The highest BCUT2D eigenvalue weighted by molar-refractivity contribution is 6.04. The number of carbonyl (C=O) groups excluding carboxylic acids is 1. The molecule has 4 rings (SSSR count). The van der Waals surface area contributed by atoms with Crippen LogP contribution >= 0.6 is 0 Å².